The van der Waals surface area contributed by atoms with Gasteiger partial charge in [-0.3, -0.25) is 0 Å². The SMILES string of the molecule is CC(CS)COCCOc1ccccc1. The molecule has 15 heavy (non-hydrogen) atoms. The van der Waals surface area contributed by atoms with Gasteiger partial charge in [0, 0.05) is 0 Å². The highest BCUT2D eigenvalue weighted by Crippen LogP contribution is 2.07. The normalized spacial score (nSPS) is 12.4. The Morgan fingerprint density at radius 2 is 1.93 bits per heavy atom. The molecule has 3 heteroatoms. The van der Waals surface area contributed by atoms with Crippen LogP contribution in [-0.2, 0) is 4.74 Å². The average Bonchev–Trinajstić information content (AvgIpc) is 2.29. The Bertz CT molecular complexity index is 251. The molecule has 0 amide bonds. The molecule has 0 saturated heterocycles. The lowest BCUT2D eigenvalue weighted by Gasteiger charge is -2.09. The van der Waals surface area contributed by atoms with Crippen LogP contribution >= 0.6 is 12.6 Å². The van der Waals surface area contributed by atoms with Gasteiger partial charge in [-0.25, -0.2) is 0 Å². The van der Waals surface area contributed by atoms with E-state index in [1.165, 1.54) is 0 Å². The van der Waals surface area contributed by atoms with Crippen molar-refractivity contribution in [2.75, 3.05) is 25.6 Å². The largest absolute Gasteiger partial charge is 0.491 e. The summed E-state index contributed by atoms with van der Waals surface area (Å²) in [6, 6.07) is 9.77. The molecule has 0 N–H and O–H groups in total. The summed E-state index contributed by atoms with van der Waals surface area (Å²) >= 11 is 4.19. The fourth-order valence-corrected chi connectivity index (χ4v) is 1.18. The first kappa shape index (κ1) is 12.4. The van der Waals surface area contributed by atoms with Crippen molar-refractivity contribution in [3.8, 4) is 5.75 Å². The molecule has 1 aromatic rings. The van der Waals surface area contributed by atoms with E-state index in [-0.39, 0.29) is 0 Å². The summed E-state index contributed by atoms with van der Waals surface area (Å²) in [5.41, 5.74) is 0. The Hall–Kier alpha value is -0.670. The first-order valence-electron chi connectivity index (χ1n) is 5.19. The van der Waals surface area contributed by atoms with E-state index in [9.17, 15) is 0 Å². The van der Waals surface area contributed by atoms with Crippen LogP contribution < -0.4 is 4.74 Å². The van der Waals surface area contributed by atoms with E-state index in [0.29, 0.717) is 19.1 Å². The zero-order valence-electron chi connectivity index (χ0n) is 9.06. The van der Waals surface area contributed by atoms with Crippen LogP contribution in [0.4, 0.5) is 0 Å². The highest BCUT2D eigenvalue weighted by molar-refractivity contribution is 7.80. The molecule has 1 atom stereocenters. The molecule has 1 rings (SSSR count). The lowest BCUT2D eigenvalue weighted by atomic mass is 10.2. The maximum Gasteiger partial charge on any atom is 0.119 e. The molecule has 0 heterocycles. The standard InChI is InChI=1S/C12H18O2S/c1-11(10-15)9-13-7-8-14-12-5-3-2-4-6-12/h2-6,11,15H,7-10H2,1H3. The van der Waals surface area contributed by atoms with E-state index in [4.69, 9.17) is 9.47 Å². The van der Waals surface area contributed by atoms with Crippen molar-refractivity contribution in [1.82, 2.24) is 0 Å². The number of hydrogen-bond acceptors (Lipinski definition) is 3. The molecule has 0 saturated carbocycles. The van der Waals surface area contributed by atoms with Crippen molar-refractivity contribution in [3.63, 3.8) is 0 Å². The van der Waals surface area contributed by atoms with Crippen LogP contribution in [0.3, 0.4) is 0 Å². The van der Waals surface area contributed by atoms with Crippen molar-refractivity contribution in [2.45, 2.75) is 6.92 Å². The molecule has 1 unspecified atom stereocenters. The molecule has 1 aromatic carbocycles. The highest BCUT2D eigenvalue weighted by Gasteiger charge is 1.98. The van der Waals surface area contributed by atoms with E-state index in [1.54, 1.807) is 0 Å². The molecular formula is C12H18O2S. The second kappa shape index (κ2) is 7.60. The van der Waals surface area contributed by atoms with Gasteiger partial charge in [0.1, 0.15) is 12.4 Å². The molecule has 0 fully saturated rings. The summed E-state index contributed by atoms with van der Waals surface area (Å²) in [4.78, 5) is 0. The third kappa shape index (κ3) is 5.70. The minimum absolute atomic E-state index is 0.505. The van der Waals surface area contributed by atoms with Crippen LogP contribution in [0, 0.1) is 5.92 Å². The van der Waals surface area contributed by atoms with Gasteiger partial charge in [0.25, 0.3) is 0 Å². The quantitative estimate of drug-likeness (QED) is 0.569. The zero-order valence-corrected chi connectivity index (χ0v) is 9.95. The number of hydrogen-bond donors (Lipinski definition) is 1. The average molecular weight is 226 g/mol. The summed E-state index contributed by atoms with van der Waals surface area (Å²) in [5.74, 6) is 2.26. The van der Waals surface area contributed by atoms with Gasteiger partial charge in [-0.15, -0.1) is 0 Å². The monoisotopic (exact) mass is 226 g/mol. The van der Waals surface area contributed by atoms with Gasteiger partial charge in [0.15, 0.2) is 0 Å². The van der Waals surface area contributed by atoms with Gasteiger partial charge in [-0.05, 0) is 23.8 Å². The lowest BCUT2D eigenvalue weighted by molar-refractivity contribution is 0.0829. The molecule has 0 spiro atoms. The fourth-order valence-electron chi connectivity index (χ4n) is 1.07. The van der Waals surface area contributed by atoms with E-state index >= 15 is 0 Å². The number of para-hydroxylation sites is 1. The Morgan fingerprint density at radius 1 is 1.20 bits per heavy atom. The molecule has 84 valence electrons. The number of ether oxygens (including phenoxy) is 2. The number of thiol groups is 1. The molecule has 0 aliphatic heterocycles. The van der Waals surface area contributed by atoms with Crippen molar-refractivity contribution in [3.05, 3.63) is 30.3 Å². The van der Waals surface area contributed by atoms with Gasteiger partial charge in [-0.2, -0.15) is 12.6 Å². The summed E-state index contributed by atoms with van der Waals surface area (Å²) < 4.78 is 10.9. The van der Waals surface area contributed by atoms with Crippen LogP contribution in [-0.4, -0.2) is 25.6 Å². The van der Waals surface area contributed by atoms with Crippen molar-refractivity contribution >= 4 is 12.6 Å². The third-order valence-corrected chi connectivity index (χ3v) is 2.58. The van der Waals surface area contributed by atoms with Gasteiger partial charge in [0.05, 0.1) is 13.2 Å². The van der Waals surface area contributed by atoms with E-state index in [0.717, 1.165) is 18.1 Å². The van der Waals surface area contributed by atoms with Crippen LogP contribution in [0.25, 0.3) is 0 Å². The van der Waals surface area contributed by atoms with Gasteiger partial charge < -0.3 is 9.47 Å². The zero-order chi connectivity index (χ0) is 10.9. The molecule has 0 radical (unpaired) electrons. The second-order valence-electron chi connectivity index (χ2n) is 3.52. The Morgan fingerprint density at radius 3 is 2.60 bits per heavy atom. The van der Waals surface area contributed by atoms with Crippen LogP contribution in [0.5, 0.6) is 5.75 Å². The molecule has 0 aliphatic carbocycles. The van der Waals surface area contributed by atoms with Crippen LogP contribution in [0.1, 0.15) is 6.92 Å². The lowest BCUT2D eigenvalue weighted by Crippen LogP contribution is -2.12. The number of rotatable bonds is 7. The van der Waals surface area contributed by atoms with Gasteiger partial charge in [-0.1, -0.05) is 25.1 Å². The smallest absolute Gasteiger partial charge is 0.119 e. The second-order valence-corrected chi connectivity index (χ2v) is 3.89. The first-order chi connectivity index (χ1) is 7.33. The molecule has 0 aromatic heterocycles. The Labute approximate surface area is 97.0 Å². The predicted molar refractivity (Wildman–Crippen MR) is 65.8 cm³/mol. The summed E-state index contributed by atoms with van der Waals surface area (Å²) in [5, 5.41) is 0. The maximum atomic E-state index is 5.48. The molecule has 0 aliphatic rings. The highest BCUT2D eigenvalue weighted by atomic mass is 32.1. The van der Waals surface area contributed by atoms with Gasteiger partial charge in [0.2, 0.25) is 0 Å². The molecule has 2 nitrogen and oxygen atoms in total. The van der Waals surface area contributed by atoms with Crippen LogP contribution in [0.15, 0.2) is 30.3 Å². The summed E-state index contributed by atoms with van der Waals surface area (Å²) in [7, 11) is 0. The minimum atomic E-state index is 0.505. The van der Waals surface area contributed by atoms with Crippen molar-refractivity contribution in [2.24, 2.45) is 5.92 Å². The van der Waals surface area contributed by atoms with Crippen LogP contribution in [0.2, 0.25) is 0 Å². The van der Waals surface area contributed by atoms with Gasteiger partial charge >= 0.3 is 0 Å². The molecule has 0 bridgehead atoms. The number of benzene rings is 1. The summed E-state index contributed by atoms with van der Waals surface area (Å²) in [6.07, 6.45) is 0. The predicted octanol–water partition coefficient (Wildman–Crippen LogP) is 2.65. The Balaban J connectivity index is 2.03. The van der Waals surface area contributed by atoms with Crippen molar-refractivity contribution < 1.29 is 9.47 Å². The minimum Gasteiger partial charge on any atom is -0.491 e. The van der Waals surface area contributed by atoms with E-state index in [1.807, 2.05) is 30.3 Å². The fraction of sp³-hybridized carbons (Fsp3) is 0.500. The summed E-state index contributed by atoms with van der Waals surface area (Å²) in [6.45, 7) is 4.10. The topological polar surface area (TPSA) is 18.5 Å². The maximum absolute atomic E-state index is 5.48. The first-order valence-corrected chi connectivity index (χ1v) is 5.82. The van der Waals surface area contributed by atoms with E-state index in [2.05, 4.69) is 19.6 Å². The third-order valence-electron chi connectivity index (χ3n) is 1.95. The Kier molecular flexibility index (Phi) is 6.28. The van der Waals surface area contributed by atoms with E-state index < -0.39 is 0 Å². The molecular weight excluding hydrogens is 208 g/mol. The van der Waals surface area contributed by atoms with Crippen molar-refractivity contribution in [1.29, 1.82) is 0 Å².